The van der Waals surface area contributed by atoms with Gasteiger partial charge in [-0.05, 0) is 6.42 Å². The zero-order valence-corrected chi connectivity index (χ0v) is 6.54. The summed E-state index contributed by atoms with van der Waals surface area (Å²) in [4.78, 5) is 14.5. The predicted octanol–water partition coefficient (Wildman–Crippen LogP) is 1.30. The van der Waals surface area contributed by atoms with Crippen molar-refractivity contribution in [2.75, 3.05) is 6.54 Å². The van der Waals surface area contributed by atoms with E-state index >= 15 is 0 Å². The first-order chi connectivity index (χ1) is 5.33. The van der Waals surface area contributed by atoms with Crippen molar-refractivity contribution in [2.24, 2.45) is 4.99 Å². The maximum absolute atomic E-state index is 10.5. The number of esters is 1. The van der Waals surface area contributed by atoms with Crippen LogP contribution in [0.3, 0.4) is 0 Å². The third kappa shape index (κ3) is 2.53. The molecule has 0 N–H and O–H groups in total. The SMILES string of the molecule is CCCC/N=C1/C=CC(=O)O1. The molecule has 0 aliphatic carbocycles. The van der Waals surface area contributed by atoms with Crippen molar-refractivity contribution in [1.29, 1.82) is 0 Å². The lowest BCUT2D eigenvalue weighted by atomic mass is 10.3. The van der Waals surface area contributed by atoms with Gasteiger partial charge < -0.3 is 4.74 Å². The van der Waals surface area contributed by atoms with Crippen LogP contribution in [0.5, 0.6) is 0 Å². The second-order valence-corrected chi connectivity index (χ2v) is 2.33. The topological polar surface area (TPSA) is 38.7 Å². The fourth-order valence-electron chi connectivity index (χ4n) is 0.743. The van der Waals surface area contributed by atoms with Crippen LogP contribution in [0.4, 0.5) is 0 Å². The van der Waals surface area contributed by atoms with Crippen LogP contribution >= 0.6 is 0 Å². The fourth-order valence-corrected chi connectivity index (χ4v) is 0.743. The molecule has 3 heteroatoms. The second-order valence-electron chi connectivity index (χ2n) is 2.33. The molecule has 60 valence electrons. The molecule has 0 spiro atoms. The van der Waals surface area contributed by atoms with Crippen LogP contribution in [0.1, 0.15) is 19.8 Å². The normalized spacial score (nSPS) is 19.4. The maximum Gasteiger partial charge on any atom is 0.337 e. The molecule has 1 rings (SSSR count). The number of cyclic esters (lactones) is 1. The summed E-state index contributed by atoms with van der Waals surface area (Å²) in [6, 6.07) is 0. The molecule has 0 bridgehead atoms. The van der Waals surface area contributed by atoms with Crippen molar-refractivity contribution in [1.82, 2.24) is 0 Å². The lowest BCUT2D eigenvalue weighted by Gasteiger charge is -1.93. The highest BCUT2D eigenvalue weighted by Crippen LogP contribution is 1.98. The van der Waals surface area contributed by atoms with Gasteiger partial charge in [-0.15, -0.1) is 0 Å². The highest BCUT2D eigenvalue weighted by atomic mass is 16.5. The predicted molar refractivity (Wildman–Crippen MR) is 42.4 cm³/mol. The quantitative estimate of drug-likeness (QED) is 0.452. The largest absolute Gasteiger partial charge is 0.405 e. The Morgan fingerprint density at radius 3 is 2.91 bits per heavy atom. The highest BCUT2D eigenvalue weighted by molar-refractivity contribution is 6.07. The Morgan fingerprint density at radius 1 is 1.55 bits per heavy atom. The number of carbonyl (C=O) groups excluding carboxylic acids is 1. The minimum Gasteiger partial charge on any atom is -0.405 e. The van der Waals surface area contributed by atoms with Crippen molar-refractivity contribution < 1.29 is 9.53 Å². The molecule has 0 saturated carbocycles. The molecule has 0 fully saturated rings. The number of hydrogen-bond donors (Lipinski definition) is 0. The van der Waals surface area contributed by atoms with Crippen LogP contribution in [-0.4, -0.2) is 18.4 Å². The van der Waals surface area contributed by atoms with E-state index in [-0.39, 0.29) is 5.97 Å². The van der Waals surface area contributed by atoms with E-state index in [2.05, 4.69) is 11.9 Å². The van der Waals surface area contributed by atoms with Gasteiger partial charge in [-0.1, -0.05) is 13.3 Å². The average molecular weight is 153 g/mol. The molecule has 0 aromatic rings. The highest BCUT2D eigenvalue weighted by Gasteiger charge is 2.09. The first-order valence-electron chi connectivity index (χ1n) is 3.77. The number of hydrogen-bond acceptors (Lipinski definition) is 3. The van der Waals surface area contributed by atoms with E-state index in [9.17, 15) is 4.79 Å². The Balaban J connectivity index is 2.32. The van der Waals surface area contributed by atoms with Gasteiger partial charge in [-0.3, -0.25) is 4.99 Å². The Kier molecular flexibility index (Phi) is 2.83. The number of nitrogens with zero attached hydrogens (tertiary/aromatic N) is 1. The summed E-state index contributed by atoms with van der Waals surface area (Å²) in [5.41, 5.74) is 0. The van der Waals surface area contributed by atoms with E-state index in [1.54, 1.807) is 6.08 Å². The van der Waals surface area contributed by atoms with E-state index in [1.165, 1.54) is 6.08 Å². The van der Waals surface area contributed by atoms with Crippen molar-refractivity contribution >= 4 is 11.9 Å². The standard InChI is InChI=1S/C8H11NO2/c1-2-3-6-9-7-4-5-8(10)11-7/h4-5H,2-3,6H2,1H3/b9-7-. The van der Waals surface area contributed by atoms with Crippen LogP contribution in [0.25, 0.3) is 0 Å². The van der Waals surface area contributed by atoms with Crippen molar-refractivity contribution in [3.8, 4) is 0 Å². The van der Waals surface area contributed by atoms with Gasteiger partial charge in [0.05, 0.1) is 0 Å². The Hall–Kier alpha value is -1.12. The van der Waals surface area contributed by atoms with Gasteiger partial charge >= 0.3 is 5.97 Å². The summed E-state index contributed by atoms with van der Waals surface area (Å²) in [6.07, 6.45) is 5.12. The van der Waals surface area contributed by atoms with E-state index in [4.69, 9.17) is 4.74 Å². The zero-order chi connectivity index (χ0) is 8.10. The summed E-state index contributed by atoms with van der Waals surface area (Å²) < 4.78 is 4.71. The Morgan fingerprint density at radius 2 is 2.36 bits per heavy atom. The summed E-state index contributed by atoms with van der Waals surface area (Å²) in [5.74, 6) is 0.128. The molecular formula is C8H11NO2. The molecule has 0 unspecified atom stereocenters. The molecule has 3 nitrogen and oxygen atoms in total. The molecule has 0 saturated heterocycles. The van der Waals surface area contributed by atoms with Crippen LogP contribution in [0, 0.1) is 0 Å². The summed E-state index contributed by atoms with van der Waals surface area (Å²) in [5, 5.41) is 0. The number of rotatable bonds is 3. The number of unbranched alkanes of at least 4 members (excludes halogenated alkanes) is 1. The molecule has 0 radical (unpaired) electrons. The first kappa shape index (κ1) is 7.98. The third-order valence-corrected chi connectivity index (χ3v) is 1.35. The second kappa shape index (κ2) is 3.91. The molecule has 1 aliphatic rings. The Labute approximate surface area is 65.8 Å². The van der Waals surface area contributed by atoms with E-state index in [1.807, 2.05) is 0 Å². The summed E-state index contributed by atoms with van der Waals surface area (Å²) >= 11 is 0. The minimum atomic E-state index is -0.319. The van der Waals surface area contributed by atoms with Crippen molar-refractivity contribution in [3.63, 3.8) is 0 Å². The Bertz CT molecular complexity index is 206. The lowest BCUT2D eigenvalue weighted by Crippen LogP contribution is -2.00. The van der Waals surface area contributed by atoms with Gasteiger partial charge in [0.2, 0.25) is 5.90 Å². The first-order valence-corrected chi connectivity index (χ1v) is 3.77. The third-order valence-electron chi connectivity index (χ3n) is 1.35. The summed E-state index contributed by atoms with van der Waals surface area (Å²) in [6.45, 7) is 2.83. The zero-order valence-electron chi connectivity index (χ0n) is 6.54. The summed E-state index contributed by atoms with van der Waals surface area (Å²) in [7, 11) is 0. The van der Waals surface area contributed by atoms with Gasteiger partial charge in [-0.2, -0.15) is 0 Å². The minimum absolute atomic E-state index is 0.319. The number of carbonyl (C=O) groups is 1. The van der Waals surface area contributed by atoms with Crippen LogP contribution in [0.2, 0.25) is 0 Å². The molecule has 0 amide bonds. The average Bonchev–Trinajstić information content (AvgIpc) is 2.37. The maximum atomic E-state index is 10.5. The molecule has 11 heavy (non-hydrogen) atoms. The van der Waals surface area contributed by atoms with Crippen LogP contribution in [-0.2, 0) is 9.53 Å². The van der Waals surface area contributed by atoms with Crippen molar-refractivity contribution in [2.45, 2.75) is 19.8 Å². The molecule has 1 heterocycles. The smallest absolute Gasteiger partial charge is 0.337 e. The van der Waals surface area contributed by atoms with E-state index in [0.717, 1.165) is 19.4 Å². The molecule has 0 aromatic carbocycles. The lowest BCUT2D eigenvalue weighted by molar-refractivity contribution is -0.129. The number of ether oxygens (including phenoxy) is 1. The van der Waals surface area contributed by atoms with Gasteiger partial charge in [0, 0.05) is 18.7 Å². The number of aliphatic imine (C=N–C) groups is 1. The molecule has 0 aromatic heterocycles. The molecule has 0 atom stereocenters. The van der Waals surface area contributed by atoms with E-state index in [0.29, 0.717) is 5.90 Å². The van der Waals surface area contributed by atoms with Crippen molar-refractivity contribution in [3.05, 3.63) is 12.2 Å². The fraction of sp³-hybridized carbons (Fsp3) is 0.500. The molecular weight excluding hydrogens is 142 g/mol. The van der Waals surface area contributed by atoms with Gasteiger partial charge in [0.25, 0.3) is 0 Å². The van der Waals surface area contributed by atoms with Gasteiger partial charge in [-0.25, -0.2) is 4.79 Å². The monoisotopic (exact) mass is 153 g/mol. The van der Waals surface area contributed by atoms with E-state index < -0.39 is 0 Å². The van der Waals surface area contributed by atoms with Crippen LogP contribution < -0.4 is 0 Å². The van der Waals surface area contributed by atoms with Gasteiger partial charge in [0.1, 0.15) is 0 Å². The van der Waals surface area contributed by atoms with Crippen LogP contribution in [0.15, 0.2) is 17.1 Å². The molecule has 1 aliphatic heterocycles. The van der Waals surface area contributed by atoms with Gasteiger partial charge in [0.15, 0.2) is 0 Å².